The number of rotatable bonds is 5. The highest BCUT2D eigenvalue weighted by atomic mass is 16.5. The Morgan fingerprint density at radius 3 is 2.83 bits per heavy atom. The van der Waals surface area contributed by atoms with Crippen molar-refractivity contribution in [2.45, 2.75) is 13.0 Å². The molecule has 150 valence electrons. The van der Waals surface area contributed by atoms with E-state index in [1.54, 1.807) is 23.3 Å². The first-order valence-electron chi connectivity index (χ1n) is 9.55. The van der Waals surface area contributed by atoms with Crippen molar-refractivity contribution in [2.24, 2.45) is 7.05 Å². The summed E-state index contributed by atoms with van der Waals surface area (Å²) in [5, 5.41) is 15.8. The number of aromatic amines is 1. The van der Waals surface area contributed by atoms with Crippen LogP contribution in [0.25, 0.3) is 33.2 Å². The van der Waals surface area contributed by atoms with Crippen molar-refractivity contribution >= 4 is 27.8 Å². The number of aryl methyl sites for hydroxylation is 1. The highest BCUT2D eigenvalue weighted by Crippen LogP contribution is 2.32. The fourth-order valence-electron chi connectivity index (χ4n) is 3.50. The molecule has 1 unspecified atom stereocenters. The molecular formula is C21H20N8O. The molecule has 9 heteroatoms. The van der Waals surface area contributed by atoms with Gasteiger partial charge in [0.25, 0.3) is 0 Å². The van der Waals surface area contributed by atoms with Gasteiger partial charge in [-0.15, -0.1) is 0 Å². The lowest BCUT2D eigenvalue weighted by Crippen LogP contribution is -2.09. The first-order valence-corrected chi connectivity index (χ1v) is 9.55. The first kappa shape index (κ1) is 18.0. The van der Waals surface area contributed by atoms with Crippen molar-refractivity contribution in [1.29, 1.82) is 0 Å². The number of aromatic nitrogens is 7. The van der Waals surface area contributed by atoms with Crippen LogP contribution in [0.4, 0.5) is 5.82 Å². The van der Waals surface area contributed by atoms with Gasteiger partial charge in [0.1, 0.15) is 34.6 Å². The third-order valence-electron chi connectivity index (χ3n) is 4.95. The van der Waals surface area contributed by atoms with Crippen LogP contribution in [0.1, 0.15) is 18.7 Å². The fraction of sp³-hybridized carbons (Fsp3) is 0.190. The summed E-state index contributed by atoms with van der Waals surface area (Å²) in [4.78, 5) is 13.5. The van der Waals surface area contributed by atoms with Gasteiger partial charge in [-0.2, -0.15) is 10.2 Å². The standard InChI is InChI=1S/C21H20N8O/c1-12(19-21-17(23-6-7-24-21)9-18(22-2)26-19)30-14-4-5-16-15(8-14)20(28-27-16)13-10-25-29(3)11-13/h4-12H,1-3H3,(H,22,26)(H,27,28). The number of hydrogen-bond acceptors (Lipinski definition) is 7. The molecule has 0 radical (unpaired) electrons. The number of pyridine rings is 1. The van der Waals surface area contributed by atoms with Crippen molar-refractivity contribution in [2.75, 3.05) is 12.4 Å². The molecule has 5 aromatic rings. The Labute approximate surface area is 172 Å². The van der Waals surface area contributed by atoms with Gasteiger partial charge in [0.15, 0.2) is 0 Å². The molecule has 1 aromatic carbocycles. The summed E-state index contributed by atoms with van der Waals surface area (Å²) in [7, 11) is 3.71. The highest BCUT2D eigenvalue weighted by Gasteiger charge is 2.17. The van der Waals surface area contributed by atoms with Crippen LogP contribution in [-0.2, 0) is 7.05 Å². The maximum absolute atomic E-state index is 6.26. The molecule has 0 saturated heterocycles. The summed E-state index contributed by atoms with van der Waals surface area (Å²) >= 11 is 0. The maximum atomic E-state index is 6.26. The molecule has 0 bridgehead atoms. The van der Waals surface area contributed by atoms with Crippen molar-refractivity contribution in [3.8, 4) is 17.0 Å². The minimum atomic E-state index is -0.330. The lowest BCUT2D eigenvalue weighted by molar-refractivity contribution is 0.224. The zero-order valence-corrected chi connectivity index (χ0v) is 16.8. The molecule has 4 aromatic heterocycles. The van der Waals surface area contributed by atoms with E-state index in [0.717, 1.165) is 50.5 Å². The van der Waals surface area contributed by atoms with Crippen LogP contribution in [0, 0.1) is 0 Å². The Hall–Kier alpha value is -4.01. The van der Waals surface area contributed by atoms with Crippen LogP contribution >= 0.6 is 0 Å². The molecule has 0 aliphatic heterocycles. The van der Waals surface area contributed by atoms with Crippen LogP contribution in [-0.4, -0.2) is 42.0 Å². The van der Waals surface area contributed by atoms with Crippen molar-refractivity contribution in [3.05, 3.63) is 54.7 Å². The van der Waals surface area contributed by atoms with E-state index in [4.69, 9.17) is 4.74 Å². The first-order chi connectivity index (χ1) is 14.6. The van der Waals surface area contributed by atoms with Gasteiger partial charge in [0, 0.05) is 49.7 Å². The average Bonchev–Trinajstić information content (AvgIpc) is 3.38. The van der Waals surface area contributed by atoms with Gasteiger partial charge in [0.2, 0.25) is 0 Å². The predicted octanol–water partition coefficient (Wildman–Crippen LogP) is 3.48. The summed E-state index contributed by atoms with van der Waals surface area (Å²) in [5.41, 5.74) is 4.93. The van der Waals surface area contributed by atoms with E-state index in [1.807, 2.05) is 51.5 Å². The van der Waals surface area contributed by atoms with Crippen LogP contribution < -0.4 is 10.1 Å². The second-order valence-electron chi connectivity index (χ2n) is 7.01. The van der Waals surface area contributed by atoms with E-state index in [9.17, 15) is 0 Å². The molecule has 0 amide bonds. The minimum absolute atomic E-state index is 0.330. The van der Waals surface area contributed by atoms with Crippen molar-refractivity contribution < 1.29 is 4.74 Å². The lowest BCUT2D eigenvalue weighted by Gasteiger charge is -2.16. The number of anilines is 1. The number of nitrogens with zero attached hydrogens (tertiary/aromatic N) is 6. The molecule has 0 spiro atoms. The second-order valence-corrected chi connectivity index (χ2v) is 7.01. The molecule has 0 fully saturated rings. The quantitative estimate of drug-likeness (QED) is 0.465. The summed E-state index contributed by atoms with van der Waals surface area (Å²) in [6.45, 7) is 1.96. The van der Waals surface area contributed by atoms with Crippen LogP contribution in [0.5, 0.6) is 5.75 Å². The molecule has 9 nitrogen and oxygen atoms in total. The molecule has 1 atom stereocenters. The van der Waals surface area contributed by atoms with Gasteiger partial charge in [-0.25, -0.2) is 4.98 Å². The third kappa shape index (κ3) is 3.10. The Balaban J connectivity index is 1.52. The van der Waals surface area contributed by atoms with Crippen LogP contribution in [0.2, 0.25) is 0 Å². The summed E-state index contributed by atoms with van der Waals surface area (Å²) < 4.78 is 8.02. The maximum Gasteiger partial charge on any atom is 0.140 e. The fourth-order valence-corrected chi connectivity index (χ4v) is 3.50. The van der Waals surface area contributed by atoms with E-state index in [1.165, 1.54) is 0 Å². The van der Waals surface area contributed by atoms with E-state index in [-0.39, 0.29) is 6.10 Å². The highest BCUT2D eigenvalue weighted by molar-refractivity contribution is 5.93. The largest absolute Gasteiger partial charge is 0.484 e. The molecule has 0 saturated carbocycles. The minimum Gasteiger partial charge on any atom is -0.484 e. The third-order valence-corrected chi connectivity index (χ3v) is 4.95. The molecular weight excluding hydrogens is 380 g/mol. The van der Waals surface area contributed by atoms with Crippen molar-refractivity contribution in [1.82, 2.24) is 34.9 Å². The van der Waals surface area contributed by atoms with Gasteiger partial charge in [-0.3, -0.25) is 19.7 Å². The van der Waals surface area contributed by atoms with Crippen LogP contribution in [0.3, 0.4) is 0 Å². The molecule has 5 rings (SSSR count). The Morgan fingerprint density at radius 1 is 1.17 bits per heavy atom. The zero-order chi connectivity index (χ0) is 20.7. The zero-order valence-electron chi connectivity index (χ0n) is 16.8. The Morgan fingerprint density at radius 2 is 2.03 bits per heavy atom. The average molecular weight is 400 g/mol. The molecule has 4 heterocycles. The monoisotopic (exact) mass is 400 g/mol. The number of hydrogen-bond donors (Lipinski definition) is 2. The number of nitrogens with one attached hydrogen (secondary N) is 2. The Kier molecular flexibility index (Phi) is 4.27. The summed E-state index contributed by atoms with van der Waals surface area (Å²) in [6.07, 6.45) is 6.73. The normalized spacial score (nSPS) is 12.4. The smallest absolute Gasteiger partial charge is 0.140 e. The van der Waals surface area contributed by atoms with Crippen LogP contribution in [0.15, 0.2) is 49.1 Å². The SMILES string of the molecule is CNc1cc2nccnc2c(C(C)Oc2ccc3[nH]nc(-c4cnn(C)c4)c3c2)n1. The van der Waals surface area contributed by atoms with E-state index < -0.39 is 0 Å². The topological polar surface area (TPSA) is 106 Å². The van der Waals surface area contributed by atoms with Gasteiger partial charge in [-0.1, -0.05) is 0 Å². The Bertz CT molecular complexity index is 1360. The van der Waals surface area contributed by atoms with E-state index >= 15 is 0 Å². The van der Waals surface area contributed by atoms with E-state index in [0.29, 0.717) is 0 Å². The molecule has 0 aliphatic rings. The number of fused-ring (bicyclic) bond motifs is 2. The van der Waals surface area contributed by atoms with Gasteiger partial charge >= 0.3 is 0 Å². The van der Waals surface area contributed by atoms with Gasteiger partial charge in [-0.05, 0) is 25.1 Å². The summed E-state index contributed by atoms with van der Waals surface area (Å²) in [6, 6.07) is 7.73. The van der Waals surface area contributed by atoms with Crippen molar-refractivity contribution in [3.63, 3.8) is 0 Å². The molecule has 2 N–H and O–H groups in total. The predicted molar refractivity (Wildman–Crippen MR) is 114 cm³/mol. The number of H-pyrrole nitrogens is 1. The van der Waals surface area contributed by atoms with E-state index in [2.05, 4.69) is 35.6 Å². The second kappa shape index (κ2) is 7.11. The van der Waals surface area contributed by atoms with Gasteiger partial charge in [0.05, 0.1) is 17.2 Å². The lowest BCUT2D eigenvalue weighted by atomic mass is 10.1. The molecule has 0 aliphatic carbocycles. The van der Waals surface area contributed by atoms with Gasteiger partial charge < -0.3 is 10.1 Å². The number of ether oxygens (including phenoxy) is 1. The summed E-state index contributed by atoms with van der Waals surface area (Å²) in [5.74, 6) is 1.44. The number of benzene rings is 1. The molecule has 30 heavy (non-hydrogen) atoms.